The van der Waals surface area contributed by atoms with Crippen LogP contribution in [0.4, 0.5) is 5.69 Å². The molecule has 0 atom stereocenters. The number of pyridine rings is 1. The van der Waals surface area contributed by atoms with Crippen LogP contribution in [0.2, 0.25) is 0 Å². The Labute approximate surface area is 228 Å². The molecule has 6 rings (SSSR count). The summed E-state index contributed by atoms with van der Waals surface area (Å²) in [4.78, 5) is 18.4. The maximum absolute atomic E-state index is 5.64. The first-order chi connectivity index (χ1) is 18.5. The molecule has 0 amide bonds. The fraction of sp³-hybridized carbons (Fsp3) is 0.464. The lowest BCUT2D eigenvalue weighted by Gasteiger charge is -2.34. The van der Waals surface area contributed by atoms with Crippen molar-refractivity contribution in [3.8, 4) is 17.1 Å². The molecule has 0 unspecified atom stereocenters. The van der Waals surface area contributed by atoms with E-state index < -0.39 is 0 Å². The number of ether oxygens (including phenoxy) is 1. The average molecular weight is 533 g/mol. The Bertz CT molecular complexity index is 1380. The van der Waals surface area contributed by atoms with Crippen molar-refractivity contribution in [1.29, 1.82) is 0 Å². The lowest BCUT2D eigenvalue weighted by atomic mass is 10.1. The van der Waals surface area contributed by atoms with Crippen LogP contribution in [-0.4, -0.2) is 91.7 Å². The van der Waals surface area contributed by atoms with Gasteiger partial charge in [-0.1, -0.05) is 49.6 Å². The second-order valence-electron chi connectivity index (χ2n) is 10.4. The molecular formula is C28H36N8OS. The van der Waals surface area contributed by atoms with Crippen LogP contribution in [0.3, 0.4) is 0 Å². The molecule has 0 spiro atoms. The van der Waals surface area contributed by atoms with Crippen molar-refractivity contribution < 1.29 is 4.74 Å². The van der Waals surface area contributed by atoms with Crippen molar-refractivity contribution in [3.63, 3.8) is 0 Å². The highest BCUT2D eigenvalue weighted by Gasteiger charge is 2.22. The third-order valence-corrected chi connectivity index (χ3v) is 8.12. The molecule has 1 aromatic carbocycles. The Morgan fingerprint density at radius 3 is 2.58 bits per heavy atom. The normalized spacial score (nSPS) is 17.6. The Morgan fingerprint density at radius 1 is 1.00 bits per heavy atom. The number of fused-ring (bicyclic) bond motifs is 1. The molecule has 2 fully saturated rings. The van der Waals surface area contributed by atoms with Crippen LogP contribution < -0.4 is 4.90 Å². The van der Waals surface area contributed by atoms with E-state index in [0.29, 0.717) is 5.25 Å². The van der Waals surface area contributed by atoms with Gasteiger partial charge < -0.3 is 14.6 Å². The lowest BCUT2D eigenvalue weighted by molar-refractivity contribution is 0.123. The van der Waals surface area contributed by atoms with E-state index in [1.807, 2.05) is 28.9 Å². The van der Waals surface area contributed by atoms with Gasteiger partial charge in [0, 0.05) is 62.3 Å². The molecule has 200 valence electrons. The molecule has 38 heavy (non-hydrogen) atoms. The van der Waals surface area contributed by atoms with Gasteiger partial charge in [-0.2, -0.15) is 5.10 Å². The molecule has 2 aliphatic heterocycles. The van der Waals surface area contributed by atoms with Crippen LogP contribution in [0.5, 0.6) is 0 Å². The first-order valence-corrected chi connectivity index (χ1v) is 14.3. The number of aromatic amines is 1. The predicted molar refractivity (Wildman–Crippen MR) is 154 cm³/mol. The number of morpholine rings is 1. The molecule has 0 saturated carbocycles. The molecule has 2 saturated heterocycles. The van der Waals surface area contributed by atoms with Gasteiger partial charge in [0.1, 0.15) is 11.3 Å². The summed E-state index contributed by atoms with van der Waals surface area (Å²) in [7, 11) is 0. The maximum atomic E-state index is 5.64. The number of piperazine rings is 1. The van der Waals surface area contributed by atoms with Gasteiger partial charge in [-0.05, 0) is 19.1 Å². The van der Waals surface area contributed by atoms with E-state index in [-0.39, 0.29) is 0 Å². The molecule has 3 aromatic heterocycles. The minimum absolute atomic E-state index is 0.624. The first-order valence-electron chi connectivity index (χ1n) is 13.5. The number of nitrogens with zero attached hydrogens (tertiary/aromatic N) is 7. The first kappa shape index (κ1) is 25.4. The number of benzene rings is 1. The van der Waals surface area contributed by atoms with Gasteiger partial charge in [-0.3, -0.25) is 4.90 Å². The summed E-state index contributed by atoms with van der Waals surface area (Å²) < 4.78 is 9.98. The molecule has 2 aliphatic rings. The zero-order valence-corrected chi connectivity index (χ0v) is 23.2. The van der Waals surface area contributed by atoms with Crippen LogP contribution in [-0.2, 0) is 11.3 Å². The van der Waals surface area contributed by atoms with E-state index in [0.717, 1.165) is 98.8 Å². The van der Waals surface area contributed by atoms with E-state index >= 15 is 0 Å². The number of H-pyrrole nitrogens is 1. The standard InChI is InChI=1S/C28H36N8OS/c1-20(2)38-35-11-9-33(10-12-35)19-25-29-27-24(34-13-15-37-16-14-34)18-26(31-28(27)30-25)36-8-7-23(32-36)22-6-4-5-21(3)17-22/h4-8,17-18,20H,9-16,19H2,1-3H3,(H,29,30,31). The predicted octanol–water partition coefficient (Wildman–Crippen LogP) is 4.13. The minimum atomic E-state index is 0.624. The quantitative estimate of drug-likeness (QED) is 0.356. The topological polar surface area (TPSA) is 78.3 Å². The number of rotatable bonds is 7. The molecule has 0 bridgehead atoms. The van der Waals surface area contributed by atoms with Gasteiger partial charge >= 0.3 is 0 Å². The average Bonchev–Trinajstić information content (AvgIpc) is 3.57. The van der Waals surface area contributed by atoms with E-state index in [4.69, 9.17) is 19.8 Å². The zero-order valence-electron chi connectivity index (χ0n) is 22.4. The van der Waals surface area contributed by atoms with Gasteiger partial charge in [-0.25, -0.2) is 19.0 Å². The highest BCUT2D eigenvalue weighted by molar-refractivity contribution is 7.97. The zero-order chi connectivity index (χ0) is 26.1. The van der Waals surface area contributed by atoms with Crippen LogP contribution >= 0.6 is 11.9 Å². The van der Waals surface area contributed by atoms with Crippen LogP contribution in [0.15, 0.2) is 42.6 Å². The van der Waals surface area contributed by atoms with E-state index in [1.54, 1.807) is 0 Å². The third kappa shape index (κ3) is 5.58. The molecule has 10 heteroatoms. The Hall–Kier alpha value is -2.92. The SMILES string of the molecule is Cc1cccc(-c2ccn(-c3cc(N4CCOCC4)c4[nH]c(CN5CCN(SC(C)C)CC5)nc4n3)n2)c1. The van der Waals surface area contributed by atoms with Crippen molar-refractivity contribution in [2.45, 2.75) is 32.6 Å². The number of hydrogen-bond acceptors (Lipinski definition) is 8. The third-order valence-electron chi connectivity index (χ3n) is 7.03. The van der Waals surface area contributed by atoms with E-state index in [1.165, 1.54) is 5.56 Å². The largest absolute Gasteiger partial charge is 0.378 e. The van der Waals surface area contributed by atoms with E-state index in [9.17, 15) is 0 Å². The van der Waals surface area contributed by atoms with Crippen molar-refractivity contribution >= 4 is 28.8 Å². The number of aryl methyl sites for hydroxylation is 1. The van der Waals surface area contributed by atoms with Gasteiger partial charge in [0.05, 0.1) is 31.1 Å². The monoisotopic (exact) mass is 532 g/mol. The van der Waals surface area contributed by atoms with Crippen molar-refractivity contribution in [2.24, 2.45) is 0 Å². The number of imidazole rings is 1. The summed E-state index contributed by atoms with van der Waals surface area (Å²) in [5.41, 5.74) is 6.09. The fourth-order valence-corrected chi connectivity index (χ4v) is 6.14. The molecule has 0 aliphatic carbocycles. The molecule has 4 aromatic rings. The number of nitrogens with one attached hydrogen (secondary N) is 1. The smallest absolute Gasteiger partial charge is 0.182 e. The molecule has 0 radical (unpaired) electrons. The van der Waals surface area contributed by atoms with Crippen LogP contribution in [0, 0.1) is 6.92 Å². The van der Waals surface area contributed by atoms with Crippen LogP contribution in [0.25, 0.3) is 28.2 Å². The molecular weight excluding hydrogens is 496 g/mol. The molecule has 9 nitrogen and oxygen atoms in total. The highest BCUT2D eigenvalue weighted by Crippen LogP contribution is 2.29. The summed E-state index contributed by atoms with van der Waals surface area (Å²) in [6.45, 7) is 14.8. The Kier molecular flexibility index (Phi) is 7.38. The van der Waals surface area contributed by atoms with Gasteiger partial charge in [-0.15, -0.1) is 0 Å². The maximum Gasteiger partial charge on any atom is 0.182 e. The lowest BCUT2D eigenvalue weighted by Crippen LogP contribution is -2.43. The molecule has 5 heterocycles. The fourth-order valence-electron chi connectivity index (χ4n) is 5.17. The van der Waals surface area contributed by atoms with Gasteiger partial charge in [0.2, 0.25) is 0 Å². The van der Waals surface area contributed by atoms with Crippen molar-refractivity contribution in [2.75, 3.05) is 57.4 Å². The summed E-state index contributed by atoms with van der Waals surface area (Å²) in [5.74, 6) is 1.74. The Balaban J connectivity index is 1.29. The van der Waals surface area contributed by atoms with Crippen LogP contribution in [0.1, 0.15) is 25.2 Å². The summed E-state index contributed by atoms with van der Waals surface area (Å²) >= 11 is 1.95. The number of hydrogen-bond donors (Lipinski definition) is 1. The molecule has 1 N–H and O–H groups in total. The summed E-state index contributed by atoms with van der Waals surface area (Å²) in [5, 5.41) is 5.49. The van der Waals surface area contributed by atoms with Gasteiger partial charge in [0.25, 0.3) is 0 Å². The number of anilines is 1. The summed E-state index contributed by atoms with van der Waals surface area (Å²) in [6, 6.07) is 12.6. The highest BCUT2D eigenvalue weighted by atomic mass is 32.2. The van der Waals surface area contributed by atoms with E-state index in [2.05, 4.69) is 70.2 Å². The minimum Gasteiger partial charge on any atom is -0.378 e. The number of aromatic nitrogens is 5. The second kappa shape index (κ2) is 11.1. The van der Waals surface area contributed by atoms with Crippen molar-refractivity contribution in [1.82, 2.24) is 33.9 Å². The van der Waals surface area contributed by atoms with Gasteiger partial charge in [0.15, 0.2) is 11.5 Å². The summed E-state index contributed by atoms with van der Waals surface area (Å²) in [6.07, 6.45) is 1.98. The van der Waals surface area contributed by atoms with Crippen molar-refractivity contribution in [3.05, 3.63) is 54.0 Å². The second-order valence-corrected chi connectivity index (χ2v) is 12.0. The Morgan fingerprint density at radius 2 is 1.82 bits per heavy atom.